The molecule has 29 heavy (non-hydrogen) atoms. The summed E-state index contributed by atoms with van der Waals surface area (Å²) < 4.78 is 18.3. The summed E-state index contributed by atoms with van der Waals surface area (Å²) in [5, 5.41) is 9.69. The van der Waals surface area contributed by atoms with Gasteiger partial charge in [0.25, 0.3) is 5.91 Å². The number of nitrogens with zero attached hydrogens (tertiary/aromatic N) is 2. The van der Waals surface area contributed by atoms with Gasteiger partial charge in [-0.25, -0.2) is 9.18 Å². The number of anilines is 1. The fourth-order valence-corrected chi connectivity index (χ4v) is 3.06. The second kappa shape index (κ2) is 9.85. The number of carboxylic acids is 1. The summed E-state index contributed by atoms with van der Waals surface area (Å²) in [7, 11) is 0. The molecule has 0 bridgehead atoms. The van der Waals surface area contributed by atoms with Gasteiger partial charge in [-0.2, -0.15) is 0 Å². The standard InChI is InChI=1S/C19H23FN2O7/c1-3-28-17(24)11-16(23)22(15-6-4-5-14(20)10-15)29-19(27)21-8-7-13(18(25)26)9-12(21)2/h4-6,10,12-13H,3,7-9,11H2,1-2H3,(H,25,26). The van der Waals surface area contributed by atoms with E-state index < -0.39 is 48.1 Å². The van der Waals surface area contributed by atoms with E-state index in [1.807, 2.05) is 0 Å². The molecule has 0 spiro atoms. The van der Waals surface area contributed by atoms with Crippen molar-refractivity contribution in [2.24, 2.45) is 5.92 Å². The fraction of sp³-hybridized carbons (Fsp3) is 0.474. The van der Waals surface area contributed by atoms with E-state index in [1.165, 1.54) is 17.0 Å². The lowest BCUT2D eigenvalue weighted by Crippen LogP contribution is -2.49. The Kier molecular flexibility index (Phi) is 7.52. The van der Waals surface area contributed by atoms with Crippen LogP contribution in [0.15, 0.2) is 24.3 Å². The van der Waals surface area contributed by atoms with Gasteiger partial charge >= 0.3 is 18.0 Å². The van der Waals surface area contributed by atoms with Gasteiger partial charge < -0.3 is 19.6 Å². The van der Waals surface area contributed by atoms with Crippen molar-refractivity contribution in [2.75, 3.05) is 18.2 Å². The van der Waals surface area contributed by atoms with Crippen molar-refractivity contribution < 1.29 is 38.2 Å². The number of piperidine rings is 1. The molecular formula is C19H23FN2O7. The molecule has 1 heterocycles. The molecule has 1 fully saturated rings. The van der Waals surface area contributed by atoms with E-state index in [0.717, 1.165) is 12.1 Å². The van der Waals surface area contributed by atoms with E-state index in [1.54, 1.807) is 13.8 Å². The molecule has 1 aliphatic rings. The smallest absolute Gasteiger partial charge is 0.434 e. The van der Waals surface area contributed by atoms with Crippen molar-refractivity contribution in [3.8, 4) is 0 Å². The average molecular weight is 410 g/mol. The summed E-state index contributed by atoms with van der Waals surface area (Å²) in [4.78, 5) is 54.4. The second-order valence-corrected chi connectivity index (χ2v) is 6.61. The van der Waals surface area contributed by atoms with E-state index >= 15 is 0 Å². The number of benzene rings is 1. The minimum absolute atomic E-state index is 0.0688. The molecule has 1 saturated heterocycles. The van der Waals surface area contributed by atoms with Crippen molar-refractivity contribution in [2.45, 2.75) is 39.2 Å². The third-order valence-corrected chi connectivity index (χ3v) is 4.50. The number of hydrogen-bond donors (Lipinski definition) is 1. The van der Waals surface area contributed by atoms with Crippen LogP contribution in [0, 0.1) is 11.7 Å². The number of amides is 2. The first-order valence-corrected chi connectivity index (χ1v) is 9.18. The Balaban J connectivity index is 2.16. The Labute approximate surface area is 166 Å². The van der Waals surface area contributed by atoms with Gasteiger partial charge in [0.15, 0.2) is 0 Å². The molecule has 1 aromatic carbocycles. The lowest BCUT2D eigenvalue weighted by Gasteiger charge is -2.36. The number of carbonyl (C=O) groups excluding carboxylic acids is 3. The van der Waals surface area contributed by atoms with Crippen LogP contribution in [0.25, 0.3) is 0 Å². The summed E-state index contributed by atoms with van der Waals surface area (Å²) in [5.41, 5.74) is -0.0688. The molecule has 0 saturated carbocycles. The average Bonchev–Trinajstić information content (AvgIpc) is 2.65. The first-order valence-electron chi connectivity index (χ1n) is 9.18. The van der Waals surface area contributed by atoms with Crippen molar-refractivity contribution in [1.29, 1.82) is 0 Å². The molecule has 9 nitrogen and oxygen atoms in total. The predicted octanol–water partition coefficient (Wildman–Crippen LogP) is 2.35. The Morgan fingerprint density at radius 2 is 2.03 bits per heavy atom. The van der Waals surface area contributed by atoms with Crippen molar-refractivity contribution in [3.63, 3.8) is 0 Å². The predicted molar refractivity (Wildman–Crippen MR) is 98.1 cm³/mol. The van der Waals surface area contributed by atoms with Gasteiger partial charge in [0.2, 0.25) is 0 Å². The molecule has 2 atom stereocenters. The highest BCUT2D eigenvalue weighted by Gasteiger charge is 2.35. The molecule has 2 rings (SSSR count). The summed E-state index contributed by atoms with van der Waals surface area (Å²) in [6.07, 6.45) is -1.12. The molecule has 0 aliphatic carbocycles. The first-order chi connectivity index (χ1) is 13.7. The Hall–Kier alpha value is -3.17. The minimum Gasteiger partial charge on any atom is -0.481 e. The third-order valence-electron chi connectivity index (χ3n) is 4.50. The Morgan fingerprint density at radius 3 is 2.62 bits per heavy atom. The molecule has 1 aliphatic heterocycles. The molecule has 2 amide bonds. The zero-order valence-corrected chi connectivity index (χ0v) is 16.2. The number of carbonyl (C=O) groups is 4. The first kappa shape index (κ1) is 22.1. The highest BCUT2D eigenvalue weighted by Crippen LogP contribution is 2.25. The molecule has 1 aromatic rings. The molecule has 0 aromatic heterocycles. The summed E-state index contributed by atoms with van der Waals surface area (Å²) in [6.45, 7) is 3.44. The van der Waals surface area contributed by atoms with Gasteiger partial charge in [-0.05, 0) is 38.8 Å². The maximum atomic E-state index is 13.6. The third kappa shape index (κ3) is 5.90. The zero-order chi connectivity index (χ0) is 21.6. The molecular weight excluding hydrogens is 387 g/mol. The largest absolute Gasteiger partial charge is 0.481 e. The minimum atomic E-state index is -0.934. The molecule has 0 radical (unpaired) electrons. The van der Waals surface area contributed by atoms with Crippen LogP contribution in [0.3, 0.4) is 0 Å². The topological polar surface area (TPSA) is 113 Å². The fourth-order valence-electron chi connectivity index (χ4n) is 3.06. The number of rotatable bonds is 5. The van der Waals surface area contributed by atoms with Crippen LogP contribution < -0.4 is 5.06 Å². The second-order valence-electron chi connectivity index (χ2n) is 6.61. The SMILES string of the molecule is CCOC(=O)CC(=O)N(OC(=O)N1CCC(C(=O)O)CC1C)c1cccc(F)c1. The van der Waals surface area contributed by atoms with E-state index in [9.17, 15) is 23.6 Å². The van der Waals surface area contributed by atoms with Crippen LogP contribution in [-0.2, 0) is 24.0 Å². The van der Waals surface area contributed by atoms with Gasteiger partial charge in [-0.1, -0.05) is 6.07 Å². The van der Waals surface area contributed by atoms with Crippen LogP contribution in [0.4, 0.5) is 14.9 Å². The molecule has 1 N–H and O–H groups in total. The van der Waals surface area contributed by atoms with E-state index in [0.29, 0.717) is 5.06 Å². The van der Waals surface area contributed by atoms with Crippen molar-refractivity contribution in [1.82, 2.24) is 4.90 Å². The monoisotopic (exact) mass is 410 g/mol. The number of halogens is 1. The summed E-state index contributed by atoms with van der Waals surface area (Å²) in [6, 6.07) is 4.37. The van der Waals surface area contributed by atoms with E-state index in [2.05, 4.69) is 0 Å². The number of carboxylic acid groups (broad SMARTS) is 1. The van der Waals surface area contributed by atoms with Crippen LogP contribution in [0.1, 0.15) is 33.1 Å². The van der Waals surface area contributed by atoms with Gasteiger partial charge in [0.05, 0.1) is 18.2 Å². The summed E-state index contributed by atoms with van der Waals surface area (Å²) in [5.74, 6) is -3.89. The van der Waals surface area contributed by atoms with Crippen LogP contribution in [-0.4, -0.2) is 53.1 Å². The van der Waals surface area contributed by atoms with Crippen LogP contribution >= 0.6 is 0 Å². The molecule has 158 valence electrons. The number of aliphatic carboxylic acids is 1. The lowest BCUT2D eigenvalue weighted by molar-refractivity contribution is -0.146. The van der Waals surface area contributed by atoms with Crippen LogP contribution in [0.2, 0.25) is 0 Å². The quantitative estimate of drug-likeness (QED) is 0.450. The van der Waals surface area contributed by atoms with Gasteiger partial charge in [-0.3, -0.25) is 14.4 Å². The van der Waals surface area contributed by atoms with Crippen molar-refractivity contribution in [3.05, 3.63) is 30.1 Å². The van der Waals surface area contributed by atoms with Gasteiger partial charge in [0, 0.05) is 18.7 Å². The number of hydroxylamine groups is 1. The number of esters is 1. The summed E-state index contributed by atoms with van der Waals surface area (Å²) >= 11 is 0. The number of ether oxygens (including phenoxy) is 1. The Morgan fingerprint density at radius 1 is 1.31 bits per heavy atom. The van der Waals surface area contributed by atoms with Crippen molar-refractivity contribution >= 4 is 29.6 Å². The highest BCUT2D eigenvalue weighted by atomic mass is 19.1. The molecule has 10 heteroatoms. The molecule has 2 unspecified atom stereocenters. The maximum Gasteiger partial charge on any atom is 0.434 e. The zero-order valence-electron chi connectivity index (χ0n) is 16.2. The van der Waals surface area contributed by atoms with E-state index in [-0.39, 0.29) is 31.7 Å². The Bertz CT molecular complexity index is 786. The van der Waals surface area contributed by atoms with Gasteiger partial charge in [-0.15, -0.1) is 5.06 Å². The van der Waals surface area contributed by atoms with Crippen LogP contribution in [0.5, 0.6) is 0 Å². The normalized spacial score (nSPS) is 18.7. The number of hydrogen-bond acceptors (Lipinski definition) is 6. The maximum absolute atomic E-state index is 13.6. The lowest BCUT2D eigenvalue weighted by atomic mass is 9.92. The number of likely N-dealkylation sites (tertiary alicyclic amines) is 1. The van der Waals surface area contributed by atoms with Gasteiger partial charge in [0.1, 0.15) is 12.2 Å². The highest BCUT2D eigenvalue weighted by molar-refractivity contribution is 6.03. The van der Waals surface area contributed by atoms with E-state index in [4.69, 9.17) is 14.7 Å².